The molecule has 3 heteroatoms. The Bertz CT molecular complexity index is 998. The van der Waals surface area contributed by atoms with Gasteiger partial charge >= 0.3 is 5.97 Å². The van der Waals surface area contributed by atoms with Crippen LogP contribution >= 0.6 is 0 Å². The molecule has 1 aromatic rings. The molecule has 0 N–H and O–H groups in total. The van der Waals surface area contributed by atoms with E-state index in [0.29, 0.717) is 22.8 Å². The van der Waals surface area contributed by atoms with Crippen molar-refractivity contribution in [2.75, 3.05) is 7.11 Å². The molecule has 0 amide bonds. The fourth-order valence-corrected chi connectivity index (χ4v) is 9.73. The van der Waals surface area contributed by atoms with Crippen molar-refractivity contribution in [3.05, 3.63) is 47.5 Å². The molecule has 9 atom stereocenters. The van der Waals surface area contributed by atoms with Crippen LogP contribution in [0.25, 0.3) is 0 Å². The van der Waals surface area contributed by atoms with E-state index in [1.54, 1.807) is 0 Å². The minimum Gasteiger partial charge on any atom is -0.458 e. The Kier molecular flexibility index (Phi) is 8.17. The number of carbonyl (C=O) groups is 1. The van der Waals surface area contributed by atoms with Crippen molar-refractivity contribution in [1.82, 2.24) is 0 Å². The monoisotopic (exact) mass is 520 g/mol. The second kappa shape index (κ2) is 11.1. The smallest absolute Gasteiger partial charge is 0.338 e. The summed E-state index contributed by atoms with van der Waals surface area (Å²) in [7, 11) is 1.92. The maximum atomic E-state index is 12.8. The van der Waals surface area contributed by atoms with E-state index in [1.807, 2.05) is 37.4 Å². The summed E-state index contributed by atoms with van der Waals surface area (Å²) in [6.45, 7) is 12.4. The van der Waals surface area contributed by atoms with Crippen LogP contribution in [0.3, 0.4) is 0 Å². The molecule has 0 saturated heterocycles. The third-order valence-corrected chi connectivity index (χ3v) is 11.8. The van der Waals surface area contributed by atoms with Crippen LogP contribution in [0.5, 0.6) is 0 Å². The summed E-state index contributed by atoms with van der Waals surface area (Å²) in [5.74, 6) is 4.34. The second-order valence-electron chi connectivity index (χ2n) is 14.3. The number of benzene rings is 1. The summed E-state index contributed by atoms with van der Waals surface area (Å²) in [6, 6.07) is 9.43. The summed E-state index contributed by atoms with van der Waals surface area (Å²) >= 11 is 0. The number of hydrogen-bond donors (Lipinski definition) is 0. The van der Waals surface area contributed by atoms with Crippen molar-refractivity contribution in [2.24, 2.45) is 46.3 Å². The largest absolute Gasteiger partial charge is 0.458 e. The van der Waals surface area contributed by atoms with E-state index in [4.69, 9.17) is 9.47 Å². The molecule has 0 aromatic heterocycles. The Morgan fingerprint density at radius 3 is 2.45 bits per heavy atom. The van der Waals surface area contributed by atoms with Crippen LogP contribution in [0.4, 0.5) is 0 Å². The minimum absolute atomic E-state index is 0.0347. The van der Waals surface area contributed by atoms with Crippen molar-refractivity contribution in [2.45, 2.75) is 111 Å². The summed E-state index contributed by atoms with van der Waals surface area (Å²) in [4.78, 5) is 12.8. The van der Waals surface area contributed by atoms with E-state index in [9.17, 15) is 4.79 Å². The molecular weight excluding hydrogens is 468 g/mol. The Balaban J connectivity index is 1.32. The Hall–Kier alpha value is -1.61. The lowest BCUT2D eigenvalue weighted by molar-refractivity contribution is -0.106. The maximum Gasteiger partial charge on any atom is 0.338 e. The molecule has 4 aliphatic rings. The first-order valence-corrected chi connectivity index (χ1v) is 15.7. The zero-order valence-electron chi connectivity index (χ0n) is 24.9. The van der Waals surface area contributed by atoms with Gasteiger partial charge in [-0.1, -0.05) is 83.7 Å². The van der Waals surface area contributed by atoms with Crippen molar-refractivity contribution < 1.29 is 14.3 Å². The molecule has 1 aromatic carbocycles. The predicted octanol–water partition coefficient (Wildman–Crippen LogP) is 8.88. The summed E-state index contributed by atoms with van der Waals surface area (Å²) < 4.78 is 12.3. The second-order valence-corrected chi connectivity index (χ2v) is 14.3. The van der Waals surface area contributed by atoms with E-state index < -0.39 is 0 Å². The topological polar surface area (TPSA) is 35.5 Å². The lowest BCUT2D eigenvalue weighted by Crippen LogP contribution is -2.55. The van der Waals surface area contributed by atoms with Gasteiger partial charge in [0, 0.05) is 13.5 Å². The summed E-state index contributed by atoms with van der Waals surface area (Å²) in [5.41, 5.74) is 2.79. The normalized spacial score (nSPS) is 39.1. The molecule has 3 nitrogen and oxygen atoms in total. The van der Waals surface area contributed by atoms with E-state index in [1.165, 1.54) is 50.5 Å². The molecule has 5 rings (SSSR count). The molecule has 3 saturated carbocycles. The SMILES string of the molecule is CO[C@H]1C=C2C[C@@H](OC(=O)c3ccccc3)CC[C@]2(C)[C@H]2CC[C@]3(C)[C@@H]([C@@H](C)CCCC(C)C)CC[C@H]3[C@H]12. The third-order valence-electron chi connectivity index (χ3n) is 11.8. The Morgan fingerprint density at radius 1 is 0.974 bits per heavy atom. The van der Waals surface area contributed by atoms with Gasteiger partial charge in [-0.3, -0.25) is 0 Å². The highest BCUT2D eigenvalue weighted by molar-refractivity contribution is 5.89. The van der Waals surface area contributed by atoms with Gasteiger partial charge in [0.2, 0.25) is 0 Å². The van der Waals surface area contributed by atoms with Gasteiger partial charge in [0.1, 0.15) is 6.10 Å². The number of fused-ring (bicyclic) bond motifs is 5. The molecule has 4 aliphatic carbocycles. The van der Waals surface area contributed by atoms with E-state index >= 15 is 0 Å². The Morgan fingerprint density at radius 2 is 1.74 bits per heavy atom. The lowest BCUT2D eigenvalue weighted by atomic mass is 9.46. The fraction of sp³-hybridized carbons (Fsp3) is 0.743. The van der Waals surface area contributed by atoms with Crippen LogP contribution in [-0.4, -0.2) is 25.3 Å². The zero-order chi connectivity index (χ0) is 27.1. The fourth-order valence-electron chi connectivity index (χ4n) is 9.73. The van der Waals surface area contributed by atoms with Crippen molar-refractivity contribution in [1.29, 1.82) is 0 Å². The number of carbonyl (C=O) groups excluding carboxylic acids is 1. The van der Waals surface area contributed by atoms with Crippen LogP contribution < -0.4 is 0 Å². The van der Waals surface area contributed by atoms with Gasteiger partial charge in [0.25, 0.3) is 0 Å². The number of ether oxygens (including phenoxy) is 2. The summed E-state index contributed by atoms with van der Waals surface area (Å²) in [5, 5.41) is 0. The molecule has 0 spiro atoms. The number of rotatable bonds is 8. The molecule has 0 bridgehead atoms. The zero-order valence-corrected chi connectivity index (χ0v) is 24.9. The van der Waals surface area contributed by atoms with E-state index in [-0.39, 0.29) is 23.6 Å². The quantitative estimate of drug-likeness (QED) is 0.254. The first-order chi connectivity index (χ1) is 18.2. The van der Waals surface area contributed by atoms with E-state index in [2.05, 4.69) is 40.7 Å². The highest BCUT2D eigenvalue weighted by Crippen LogP contribution is 2.67. The highest BCUT2D eigenvalue weighted by Gasteiger charge is 2.61. The Labute approximate surface area is 232 Å². The first kappa shape index (κ1) is 27.9. The number of methoxy groups -OCH3 is 1. The van der Waals surface area contributed by atoms with Gasteiger partial charge in [0.15, 0.2) is 0 Å². The van der Waals surface area contributed by atoms with Crippen LogP contribution in [0.15, 0.2) is 42.0 Å². The average molecular weight is 521 g/mol. The maximum absolute atomic E-state index is 12.8. The van der Waals surface area contributed by atoms with Gasteiger partial charge in [0.05, 0.1) is 11.7 Å². The molecular formula is C35H52O3. The first-order valence-electron chi connectivity index (χ1n) is 15.7. The van der Waals surface area contributed by atoms with Crippen LogP contribution in [-0.2, 0) is 9.47 Å². The van der Waals surface area contributed by atoms with Gasteiger partial charge in [-0.25, -0.2) is 4.79 Å². The van der Waals surface area contributed by atoms with Gasteiger partial charge < -0.3 is 9.47 Å². The van der Waals surface area contributed by atoms with Crippen molar-refractivity contribution >= 4 is 5.97 Å². The van der Waals surface area contributed by atoms with Gasteiger partial charge in [-0.15, -0.1) is 0 Å². The molecule has 3 fully saturated rings. The van der Waals surface area contributed by atoms with Gasteiger partial charge in [-0.05, 0) is 97.0 Å². The van der Waals surface area contributed by atoms with Crippen LogP contribution in [0.2, 0.25) is 0 Å². The summed E-state index contributed by atoms with van der Waals surface area (Å²) in [6.07, 6.45) is 15.1. The lowest BCUT2D eigenvalue weighted by Gasteiger charge is -2.60. The molecule has 210 valence electrons. The molecule has 38 heavy (non-hydrogen) atoms. The molecule has 0 unspecified atom stereocenters. The molecule has 0 aliphatic heterocycles. The van der Waals surface area contributed by atoms with Crippen LogP contribution in [0.1, 0.15) is 109 Å². The van der Waals surface area contributed by atoms with E-state index in [0.717, 1.165) is 42.9 Å². The average Bonchev–Trinajstić information content (AvgIpc) is 3.26. The van der Waals surface area contributed by atoms with Gasteiger partial charge in [-0.2, -0.15) is 0 Å². The molecule has 0 heterocycles. The molecule has 0 radical (unpaired) electrons. The number of esters is 1. The number of hydrogen-bond acceptors (Lipinski definition) is 3. The van der Waals surface area contributed by atoms with Crippen molar-refractivity contribution in [3.8, 4) is 0 Å². The highest BCUT2D eigenvalue weighted by atomic mass is 16.5. The minimum atomic E-state index is -0.190. The van der Waals surface area contributed by atoms with Crippen LogP contribution in [0, 0.1) is 46.3 Å². The third kappa shape index (κ3) is 5.02. The van der Waals surface area contributed by atoms with Crippen molar-refractivity contribution in [3.63, 3.8) is 0 Å². The standard InChI is InChI=1S/C35H52O3/c1-23(2)11-10-12-24(3)28-15-16-29-32-30(18-20-35(28,29)5)34(4)19-17-27(21-26(34)22-31(32)37-6)38-33(36)25-13-8-7-9-14-25/h7-9,13-14,22-24,27-32H,10-12,15-21H2,1-6H3/t24-,27-,28+,29-,30-,31-,32-,34-,35+/m0/s1. The predicted molar refractivity (Wildman–Crippen MR) is 155 cm³/mol.